The Balaban J connectivity index is 1.65. The molecule has 23 heavy (non-hydrogen) atoms. The number of rotatable bonds is 4. The summed E-state index contributed by atoms with van der Waals surface area (Å²) in [5.74, 6) is -0.0179. The lowest BCUT2D eigenvalue weighted by Gasteiger charge is -2.35. The highest BCUT2D eigenvalue weighted by atomic mass is 16.5. The molecular weight excluding hydrogens is 296 g/mol. The van der Waals surface area contributed by atoms with Crippen molar-refractivity contribution in [2.75, 3.05) is 32.7 Å². The Morgan fingerprint density at radius 2 is 2.13 bits per heavy atom. The minimum atomic E-state index is -0.291. The molecule has 0 radical (unpaired) electrons. The molecule has 0 bridgehead atoms. The number of amides is 1. The standard InChI is InChI=1S/C16H22N4O3/c1-3-13(21)10-19-4-6-20(7-5-19)16(22)12-8-14-11(2)18-23-15(14)17-9-12/h8-9,13,21H,3-7,10H2,1-2H3. The van der Waals surface area contributed by atoms with Crippen molar-refractivity contribution >= 4 is 17.0 Å². The summed E-state index contributed by atoms with van der Waals surface area (Å²) in [7, 11) is 0. The molecular formula is C16H22N4O3. The van der Waals surface area contributed by atoms with Gasteiger partial charge in [0.05, 0.1) is 22.7 Å². The van der Waals surface area contributed by atoms with E-state index in [2.05, 4.69) is 15.0 Å². The van der Waals surface area contributed by atoms with Crippen LogP contribution in [0.25, 0.3) is 11.1 Å². The summed E-state index contributed by atoms with van der Waals surface area (Å²) < 4.78 is 5.07. The first-order valence-corrected chi connectivity index (χ1v) is 8.00. The van der Waals surface area contributed by atoms with E-state index >= 15 is 0 Å². The van der Waals surface area contributed by atoms with Gasteiger partial charge in [-0.05, 0) is 19.4 Å². The second-order valence-electron chi connectivity index (χ2n) is 6.00. The van der Waals surface area contributed by atoms with Crippen LogP contribution in [0.3, 0.4) is 0 Å². The average Bonchev–Trinajstić information content (AvgIpc) is 2.95. The van der Waals surface area contributed by atoms with E-state index < -0.39 is 0 Å². The zero-order valence-corrected chi connectivity index (χ0v) is 13.5. The van der Waals surface area contributed by atoms with Crippen molar-refractivity contribution in [2.24, 2.45) is 0 Å². The fraction of sp³-hybridized carbons (Fsp3) is 0.562. The van der Waals surface area contributed by atoms with Crippen molar-refractivity contribution < 1.29 is 14.4 Å². The van der Waals surface area contributed by atoms with Gasteiger partial charge in [-0.15, -0.1) is 0 Å². The lowest BCUT2D eigenvalue weighted by atomic mass is 10.1. The number of carbonyl (C=O) groups is 1. The molecule has 3 heterocycles. The van der Waals surface area contributed by atoms with E-state index in [1.54, 1.807) is 12.3 Å². The van der Waals surface area contributed by atoms with Gasteiger partial charge in [0.25, 0.3) is 11.6 Å². The molecule has 2 aromatic heterocycles. The first-order chi connectivity index (χ1) is 11.1. The highest BCUT2D eigenvalue weighted by molar-refractivity contribution is 5.97. The first-order valence-electron chi connectivity index (χ1n) is 8.00. The van der Waals surface area contributed by atoms with Crippen molar-refractivity contribution in [1.29, 1.82) is 0 Å². The average molecular weight is 318 g/mol. The van der Waals surface area contributed by atoms with E-state index in [9.17, 15) is 9.90 Å². The molecule has 1 fully saturated rings. The molecule has 0 aromatic carbocycles. The van der Waals surface area contributed by atoms with Gasteiger partial charge in [0.1, 0.15) is 0 Å². The Labute approximate surface area is 134 Å². The lowest BCUT2D eigenvalue weighted by molar-refractivity contribution is 0.0523. The summed E-state index contributed by atoms with van der Waals surface area (Å²) >= 11 is 0. The summed E-state index contributed by atoms with van der Waals surface area (Å²) in [5.41, 5.74) is 1.75. The molecule has 124 valence electrons. The number of pyridine rings is 1. The summed E-state index contributed by atoms with van der Waals surface area (Å²) in [5, 5.41) is 14.4. The number of nitrogens with zero attached hydrogens (tertiary/aromatic N) is 4. The predicted octanol–water partition coefficient (Wildman–Crippen LogP) is 1.06. The number of aryl methyl sites for hydroxylation is 1. The van der Waals surface area contributed by atoms with Gasteiger partial charge in [0.2, 0.25) is 0 Å². The predicted molar refractivity (Wildman–Crippen MR) is 85.2 cm³/mol. The molecule has 1 aliphatic heterocycles. The van der Waals surface area contributed by atoms with Crippen molar-refractivity contribution in [1.82, 2.24) is 19.9 Å². The van der Waals surface area contributed by atoms with Gasteiger partial charge >= 0.3 is 0 Å². The highest BCUT2D eigenvalue weighted by Crippen LogP contribution is 2.18. The molecule has 1 atom stereocenters. The number of fused-ring (bicyclic) bond motifs is 1. The van der Waals surface area contributed by atoms with Crippen molar-refractivity contribution in [3.8, 4) is 0 Å². The van der Waals surface area contributed by atoms with Crippen LogP contribution in [0.2, 0.25) is 0 Å². The molecule has 1 N–H and O–H groups in total. The number of aliphatic hydroxyl groups excluding tert-OH is 1. The maximum Gasteiger partial charge on any atom is 0.257 e. The SMILES string of the molecule is CCC(O)CN1CCN(C(=O)c2cnc3onc(C)c3c2)CC1. The Kier molecular flexibility index (Phi) is 4.58. The largest absolute Gasteiger partial charge is 0.392 e. The monoisotopic (exact) mass is 318 g/mol. The molecule has 1 unspecified atom stereocenters. The zero-order chi connectivity index (χ0) is 16.4. The third kappa shape index (κ3) is 3.35. The number of piperazine rings is 1. The Morgan fingerprint density at radius 1 is 1.39 bits per heavy atom. The maximum absolute atomic E-state index is 12.6. The quantitative estimate of drug-likeness (QED) is 0.907. The van der Waals surface area contributed by atoms with E-state index in [0.29, 0.717) is 30.9 Å². The molecule has 1 aliphatic rings. The van der Waals surface area contributed by atoms with Gasteiger partial charge in [-0.2, -0.15) is 0 Å². The van der Waals surface area contributed by atoms with Crippen LogP contribution in [0.15, 0.2) is 16.8 Å². The van der Waals surface area contributed by atoms with Crippen LogP contribution >= 0.6 is 0 Å². The Hall–Kier alpha value is -1.99. The molecule has 2 aromatic rings. The van der Waals surface area contributed by atoms with Crippen LogP contribution in [-0.4, -0.2) is 69.8 Å². The van der Waals surface area contributed by atoms with Crippen molar-refractivity contribution in [3.63, 3.8) is 0 Å². The van der Waals surface area contributed by atoms with E-state index in [4.69, 9.17) is 4.52 Å². The Morgan fingerprint density at radius 3 is 2.83 bits per heavy atom. The van der Waals surface area contributed by atoms with Crippen molar-refractivity contribution in [3.05, 3.63) is 23.5 Å². The second-order valence-corrected chi connectivity index (χ2v) is 6.00. The van der Waals surface area contributed by atoms with Crippen molar-refractivity contribution in [2.45, 2.75) is 26.4 Å². The Bertz CT molecular complexity index is 692. The van der Waals surface area contributed by atoms with Gasteiger partial charge in [-0.3, -0.25) is 9.69 Å². The topological polar surface area (TPSA) is 82.7 Å². The van der Waals surface area contributed by atoms with Gasteiger partial charge in [-0.25, -0.2) is 4.98 Å². The smallest absolute Gasteiger partial charge is 0.257 e. The molecule has 0 saturated carbocycles. The van der Waals surface area contributed by atoms with Crippen LogP contribution in [0, 0.1) is 6.92 Å². The summed E-state index contributed by atoms with van der Waals surface area (Å²) in [6, 6.07) is 1.80. The fourth-order valence-electron chi connectivity index (χ4n) is 2.81. The number of carbonyl (C=O) groups excluding carboxylic acids is 1. The summed E-state index contributed by atoms with van der Waals surface area (Å²) in [6.07, 6.45) is 2.01. The summed E-state index contributed by atoms with van der Waals surface area (Å²) in [4.78, 5) is 20.8. The molecule has 1 saturated heterocycles. The number of hydrogen-bond donors (Lipinski definition) is 1. The first kappa shape index (κ1) is 15.9. The van der Waals surface area contributed by atoms with E-state index in [0.717, 1.165) is 30.6 Å². The molecule has 1 amide bonds. The second kappa shape index (κ2) is 6.64. The molecule has 0 spiro atoms. The zero-order valence-electron chi connectivity index (χ0n) is 13.5. The van der Waals surface area contributed by atoms with Crippen LogP contribution in [0.4, 0.5) is 0 Å². The number of aliphatic hydroxyl groups is 1. The fourth-order valence-corrected chi connectivity index (χ4v) is 2.81. The van der Waals surface area contributed by atoms with Gasteiger partial charge in [-0.1, -0.05) is 12.1 Å². The minimum absolute atomic E-state index is 0.0179. The van der Waals surface area contributed by atoms with Gasteiger partial charge in [0, 0.05) is 38.9 Å². The summed E-state index contributed by atoms with van der Waals surface area (Å²) in [6.45, 7) is 7.37. The third-order valence-electron chi connectivity index (χ3n) is 4.36. The van der Waals surface area contributed by atoms with Gasteiger partial charge < -0.3 is 14.5 Å². The molecule has 3 rings (SSSR count). The van der Waals surface area contributed by atoms with E-state index in [1.165, 1.54) is 0 Å². The van der Waals surface area contributed by atoms with Crippen LogP contribution < -0.4 is 0 Å². The molecule has 0 aliphatic carbocycles. The third-order valence-corrected chi connectivity index (χ3v) is 4.36. The van der Waals surface area contributed by atoms with E-state index in [1.807, 2.05) is 18.7 Å². The van der Waals surface area contributed by atoms with Crippen LogP contribution in [0.5, 0.6) is 0 Å². The van der Waals surface area contributed by atoms with E-state index in [-0.39, 0.29) is 12.0 Å². The van der Waals surface area contributed by atoms with Gasteiger partial charge in [0.15, 0.2) is 0 Å². The highest BCUT2D eigenvalue weighted by Gasteiger charge is 2.24. The minimum Gasteiger partial charge on any atom is -0.392 e. The number of β-amino-alcohol motifs (C(OH)–C–C–N with tert-alkyl or cyclic N) is 1. The number of aromatic nitrogens is 2. The van der Waals surface area contributed by atoms with Crippen LogP contribution in [-0.2, 0) is 0 Å². The lowest BCUT2D eigenvalue weighted by Crippen LogP contribution is -2.50. The normalized spacial score (nSPS) is 17.6. The molecule has 7 nitrogen and oxygen atoms in total. The van der Waals surface area contributed by atoms with Crippen LogP contribution in [0.1, 0.15) is 29.4 Å². The maximum atomic E-state index is 12.6. The number of hydrogen-bond acceptors (Lipinski definition) is 6. The molecule has 7 heteroatoms.